The Hall–Kier alpha value is -1.17. The van der Waals surface area contributed by atoms with E-state index < -0.39 is 6.09 Å². The zero-order valence-corrected chi connectivity index (χ0v) is 8.42. The number of anilines is 1. The van der Waals surface area contributed by atoms with Gasteiger partial charge in [0, 0.05) is 11.5 Å². The van der Waals surface area contributed by atoms with Crippen molar-refractivity contribution in [2.45, 2.75) is 31.8 Å². The van der Waals surface area contributed by atoms with Crippen LogP contribution >= 0.6 is 11.5 Å². The van der Waals surface area contributed by atoms with E-state index in [0.717, 1.165) is 37.2 Å². The topological polar surface area (TPSA) is 64.1 Å². The molecule has 76 valence electrons. The molecule has 2 rings (SSSR count). The molecule has 0 radical (unpaired) electrons. The second kappa shape index (κ2) is 4.36. The molecule has 0 atom stereocenters. The largest absolute Gasteiger partial charge is 0.446 e. The minimum Gasteiger partial charge on any atom is -0.446 e. The smallest absolute Gasteiger partial charge is 0.412 e. The van der Waals surface area contributed by atoms with Crippen LogP contribution in [0.1, 0.15) is 25.7 Å². The number of hydrogen-bond donors (Lipinski definition) is 1. The first-order chi connectivity index (χ1) is 6.84. The van der Waals surface area contributed by atoms with Crippen molar-refractivity contribution in [2.75, 3.05) is 5.32 Å². The van der Waals surface area contributed by atoms with E-state index in [-0.39, 0.29) is 6.10 Å². The summed E-state index contributed by atoms with van der Waals surface area (Å²) >= 11 is 1.14. The van der Waals surface area contributed by atoms with Crippen LogP contribution in [0.5, 0.6) is 0 Å². The van der Waals surface area contributed by atoms with Crippen LogP contribution in [0.15, 0.2) is 6.20 Å². The Bertz CT molecular complexity index is 296. The minimum absolute atomic E-state index is 0.0934. The van der Waals surface area contributed by atoms with Gasteiger partial charge in [-0.2, -0.15) is 0 Å². The maximum atomic E-state index is 11.3. The van der Waals surface area contributed by atoms with E-state index in [1.165, 1.54) is 6.20 Å². The predicted molar refractivity (Wildman–Crippen MR) is 52.3 cm³/mol. The van der Waals surface area contributed by atoms with Crippen LogP contribution in [0.4, 0.5) is 9.80 Å². The lowest BCUT2D eigenvalue weighted by Gasteiger charge is -2.10. The average Bonchev–Trinajstić information content (AvgIpc) is 2.76. The molecule has 1 aromatic rings. The van der Waals surface area contributed by atoms with Crippen molar-refractivity contribution in [3.05, 3.63) is 6.20 Å². The van der Waals surface area contributed by atoms with Gasteiger partial charge in [-0.3, -0.25) is 5.32 Å². The number of ether oxygens (including phenoxy) is 1. The van der Waals surface area contributed by atoms with Crippen LogP contribution < -0.4 is 5.32 Å². The van der Waals surface area contributed by atoms with Crippen molar-refractivity contribution in [1.29, 1.82) is 0 Å². The third-order valence-corrected chi connectivity index (χ3v) is 2.74. The first-order valence-electron chi connectivity index (χ1n) is 4.59. The summed E-state index contributed by atoms with van der Waals surface area (Å²) in [6.07, 6.45) is 5.46. The number of hydrogen-bond acceptors (Lipinski definition) is 5. The molecule has 0 spiro atoms. The number of rotatable bonds is 2. The monoisotopic (exact) mass is 213 g/mol. The first-order valence-corrected chi connectivity index (χ1v) is 5.37. The van der Waals surface area contributed by atoms with E-state index in [2.05, 4.69) is 14.9 Å². The molecule has 1 fully saturated rings. The van der Waals surface area contributed by atoms with Crippen molar-refractivity contribution in [3.63, 3.8) is 0 Å². The molecule has 6 heteroatoms. The number of aromatic nitrogens is 2. The quantitative estimate of drug-likeness (QED) is 0.816. The van der Waals surface area contributed by atoms with Crippen LogP contribution in [0.3, 0.4) is 0 Å². The van der Waals surface area contributed by atoms with Gasteiger partial charge in [0.2, 0.25) is 0 Å². The summed E-state index contributed by atoms with van der Waals surface area (Å²) < 4.78 is 8.81. The molecule has 1 saturated carbocycles. The Morgan fingerprint density at radius 3 is 3.00 bits per heavy atom. The standard InChI is InChI=1S/C8H11N3O2S/c12-8(10-7-5-9-11-14-7)13-6-3-1-2-4-6/h5-6H,1-4H2,(H,10,12). The Kier molecular flexibility index (Phi) is 2.93. The fourth-order valence-corrected chi connectivity index (χ4v) is 1.92. The van der Waals surface area contributed by atoms with Gasteiger partial charge in [-0.05, 0) is 25.7 Å². The maximum Gasteiger partial charge on any atom is 0.412 e. The average molecular weight is 213 g/mol. The van der Waals surface area contributed by atoms with Crippen molar-refractivity contribution >= 4 is 22.6 Å². The van der Waals surface area contributed by atoms with Crippen molar-refractivity contribution < 1.29 is 9.53 Å². The Labute approximate surface area is 85.6 Å². The molecule has 0 aliphatic heterocycles. The molecule has 1 heterocycles. The Morgan fingerprint density at radius 2 is 2.36 bits per heavy atom. The molecule has 0 unspecified atom stereocenters. The molecule has 14 heavy (non-hydrogen) atoms. The van der Waals surface area contributed by atoms with Gasteiger partial charge in [0.15, 0.2) is 0 Å². The van der Waals surface area contributed by atoms with Gasteiger partial charge in [-0.15, -0.1) is 5.10 Å². The Morgan fingerprint density at radius 1 is 1.57 bits per heavy atom. The first kappa shape index (κ1) is 9.39. The summed E-state index contributed by atoms with van der Waals surface area (Å²) in [6, 6.07) is 0. The number of nitrogens with one attached hydrogen (secondary N) is 1. The summed E-state index contributed by atoms with van der Waals surface area (Å²) in [6.45, 7) is 0. The second-order valence-corrected chi connectivity index (χ2v) is 4.00. The molecule has 5 nitrogen and oxygen atoms in total. The van der Waals surface area contributed by atoms with Crippen molar-refractivity contribution in [1.82, 2.24) is 9.59 Å². The lowest BCUT2D eigenvalue weighted by atomic mass is 10.3. The third kappa shape index (κ3) is 2.41. The zero-order chi connectivity index (χ0) is 9.80. The van der Waals surface area contributed by atoms with Gasteiger partial charge >= 0.3 is 6.09 Å². The summed E-state index contributed by atoms with van der Waals surface area (Å²) in [5, 5.41) is 6.80. The molecule has 0 saturated heterocycles. The van der Waals surface area contributed by atoms with E-state index in [0.29, 0.717) is 5.00 Å². The Balaban J connectivity index is 1.78. The van der Waals surface area contributed by atoms with E-state index in [1.54, 1.807) is 0 Å². The number of carbonyl (C=O) groups is 1. The SMILES string of the molecule is O=C(Nc1cnns1)OC1CCCC1. The van der Waals surface area contributed by atoms with Gasteiger partial charge in [0.25, 0.3) is 0 Å². The van der Waals surface area contributed by atoms with Gasteiger partial charge in [-0.1, -0.05) is 4.49 Å². The third-order valence-electron chi connectivity index (χ3n) is 2.16. The van der Waals surface area contributed by atoms with Crippen LogP contribution in [0.25, 0.3) is 0 Å². The molecular weight excluding hydrogens is 202 g/mol. The normalized spacial score (nSPS) is 16.9. The van der Waals surface area contributed by atoms with Gasteiger partial charge in [0.1, 0.15) is 11.1 Å². The molecule has 0 bridgehead atoms. The van der Waals surface area contributed by atoms with Crippen molar-refractivity contribution in [2.24, 2.45) is 0 Å². The molecule has 1 aliphatic carbocycles. The summed E-state index contributed by atoms with van der Waals surface area (Å²) in [4.78, 5) is 11.3. The lowest BCUT2D eigenvalue weighted by molar-refractivity contribution is 0.114. The lowest BCUT2D eigenvalue weighted by Crippen LogP contribution is -2.19. The van der Waals surface area contributed by atoms with Crippen LogP contribution in [0, 0.1) is 0 Å². The highest BCUT2D eigenvalue weighted by Gasteiger charge is 2.19. The maximum absolute atomic E-state index is 11.3. The fraction of sp³-hybridized carbons (Fsp3) is 0.625. The van der Waals surface area contributed by atoms with Crippen molar-refractivity contribution in [3.8, 4) is 0 Å². The predicted octanol–water partition coefficient (Wildman–Crippen LogP) is 2.03. The van der Waals surface area contributed by atoms with E-state index in [1.807, 2.05) is 0 Å². The minimum atomic E-state index is -0.400. The molecular formula is C8H11N3O2S. The zero-order valence-electron chi connectivity index (χ0n) is 7.60. The van der Waals surface area contributed by atoms with Crippen LogP contribution in [-0.2, 0) is 4.74 Å². The van der Waals surface area contributed by atoms with Gasteiger partial charge in [-0.25, -0.2) is 4.79 Å². The van der Waals surface area contributed by atoms with Gasteiger partial charge < -0.3 is 4.74 Å². The molecule has 0 aromatic carbocycles. The highest BCUT2D eigenvalue weighted by atomic mass is 32.1. The highest BCUT2D eigenvalue weighted by molar-refractivity contribution is 7.10. The highest BCUT2D eigenvalue weighted by Crippen LogP contribution is 2.21. The second-order valence-electron chi connectivity index (χ2n) is 3.22. The van der Waals surface area contributed by atoms with E-state index in [9.17, 15) is 4.79 Å². The molecule has 1 amide bonds. The summed E-state index contributed by atoms with van der Waals surface area (Å²) in [5.41, 5.74) is 0. The van der Waals surface area contributed by atoms with E-state index in [4.69, 9.17) is 4.74 Å². The number of nitrogens with zero attached hydrogens (tertiary/aromatic N) is 2. The number of carbonyl (C=O) groups excluding carboxylic acids is 1. The summed E-state index contributed by atoms with van der Waals surface area (Å²) in [7, 11) is 0. The fourth-order valence-electron chi connectivity index (χ4n) is 1.51. The summed E-state index contributed by atoms with van der Waals surface area (Å²) in [5.74, 6) is 0. The molecule has 1 N–H and O–H groups in total. The van der Waals surface area contributed by atoms with Crippen LogP contribution in [0.2, 0.25) is 0 Å². The number of amides is 1. The van der Waals surface area contributed by atoms with E-state index >= 15 is 0 Å². The molecule has 1 aromatic heterocycles. The molecule has 1 aliphatic rings. The van der Waals surface area contributed by atoms with Crippen LogP contribution in [-0.4, -0.2) is 21.8 Å². The van der Waals surface area contributed by atoms with Gasteiger partial charge in [0.05, 0.1) is 6.20 Å².